The molecule has 0 spiro atoms. The fourth-order valence-electron chi connectivity index (χ4n) is 2.36. The molecular weight excluding hydrogens is 324 g/mol. The lowest BCUT2D eigenvalue weighted by molar-refractivity contribution is -0.121. The summed E-state index contributed by atoms with van der Waals surface area (Å²) < 4.78 is 0. The Labute approximate surface area is 147 Å². The van der Waals surface area contributed by atoms with Crippen LogP contribution in [0.25, 0.3) is 0 Å². The average molecular weight is 345 g/mol. The first-order valence-electron chi connectivity index (χ1n) is 7.98. The molecule has 24 heavy (non-hydrogen) atoms. The predicted octanol–water partition coefficient (Wildman–Crippen LogP) is 3.73. The van der Waals surface area contributed by atoms with Gasteiger partial charge in [0.25, 0.3) is 5.91 Å². The van der Waals surface area contributed by atoms with Gasteiger partial charge < -0.3 is 10.6 Å². The van der Waals surface area contributed by atoms with Crippen LogP contribution in [0, 0.1) is 0 Å². The van der Waals surface area contributed by atoms with Gasteiger partial charge in [0.15, 0.2) is 0 Å². The van der Waals surface area contributed by atoms with Gasteiger partial charge >= 0.3 is 0 Å². The van der Waals surface area contributed by atoms with Crippen molar-refractivity contribution in [2.24, 2.45) is 0 Å². The van der Waals surface area contributed by atoms with Crippen molar-refractivity contribution < 1.29 is 9.59 Å². The van der Waals surface area contributed by atoms with Gasteiger partial charge in [0, 0.05) is 23.6 Å². The van der Waals surface area contributed by atoms with E-state index in [0.717, 1.165) is 12.0 Å². The first-order valence-corrected chi connectivity index (χ1v) is 8.36. The van der Waals surface area contributed by atoms with Gasteiger partial charge in [-0.25, -0.2) is 0 Å². The average Bonchev–Trinajstić information content (AvgIpc) is 2.61. The number of rotatable bonds is 7. The van der Waals surface area contributed by atoms with Crippen LogP contribution >= 0.6 is 11.6 Å². The third kappa shape index (κ3) is 5.39. The largest absolute Gasteiger partial charge is 0.352 e. The SMILES string of the molecule is CCC(NC(=O)CCNC(=O)c1ccccc1)c1ccc(Cl)cc1. The van der Waals surface area contributed by atoms with Crippen molar-refractivity contribution in [1.82, 2.24) is 10.6 Å². The molecule has 0 radical (unpaired) electrons. The summed E-state index contributed by atoms with van der Waals surface area (Å²) in [7, 11) is 0. The second kappa shape index (κ2) is 9.08. The van der Waals surface area contributed by atoms with Gasteiger partial charge in [-0.15, -0.1) is 0 Å². The van der Waals surface area contributed by atoms with Crippen molar-refractivity contribution in [2.45, 2.75) is 25.8 Å². The molecule has 2 aromatic rings. The van der Waals surface area contributed by atoms with Crippen LogP contribution in [0.15, 0.2) is 54.6 Å². The first-order chi connectivity index (χ1) is 11.6. The van der Waals surface area contributed by atoms with E-state index in [2.05, 4.69) is 10.6 Å². The highest BCUT2D eigenvalue weighted by Gasteiger charge is 2.13. The fourth-order valence-corrected chi connectivity index (χ4v) is 2.49. The Morgan fingerprint density at radius 1 is 1.04 bits per heavy atom. The van der Waals surface area contributed by atoms with Gasteiger partial charge in [0.1, 0.15) is 0 Å². The summed E-state index contributed by atoms with van der Waals surface area (Å²) >= 11 is 5.89. The van der Waals surface area contributed by atoms with E-state index in [4.69, 9.17) is 11.6 Å². The van der Waals surface area contributed by atoms with Crippen molar-refractivity contribution in [2.75, 3.05) is 6.54 Å². The first kappa shape index (κ1) is 18.0. The molecule has 0 fully saturated rings. The van der Waals surface area contributed by atoms with Crippen molar-refractivity contribution in [3.8, 4) is 0 Å². The molecule has 0 aliphatic carbocycles. The number of hydrogen-bond acceptors (Lipinski definition) is 2. The summed E-state index contributed by atoms with van der Waals surface area (Å²) in [5.74, 6) is -0.265. The molecule has 0 aromatic heterocycles. The Kier molecular flexibility index (Phi) is 6.82. The van der Waals surface area contributed by atoms with Crippen molar-refractivity contribution in [3.05, 3.63) is 70.7 Å². The van der Waals surface area contributed by atoms with Crippen LogP contribution in [0.3, 0.4) is 0 Å². The molecule has 2 N–H and O–H groups in total. The Bertz CT molecular complexity index is 672. The second-order valence-corrected chi connectivity index (χ2v) is 5.89. The van der Waals surface area contributed by atoms with Crippen LogP contribution in [0.1, 0.15) is 41.7 Å². The summed E-state index contributed by atoms with van der Waals surface area (Å²) in [5.41, 5.74) is 1.61. The van der Waals surface area contributed by atoms with Crippen molar-refractivity contribution in [1.29, 1.82) is 0 Å². The summed E-state index contributed by atoms with van der Waals surface area (Å²) in [6, 6.07) is 16.3. The summed E-state index contributed by atoms with van der Waals surface area (Å²) in [5, 5.41) is 6.40. The minimum absolute atomic E-state index is 0.0559. The van der Waals surface area contributed by atoms with Crippen LogP contribution in [-0.4, -0.2) is 18.4 Å². The number of hydrogen-bond donors (Lipinski definition) is 2. The van der Waals surface area contributed by atoms with E-state index in [9.17, 15) is 9.59 Å². The lowest BCUT2D eigenvalue weighted by Gasteiger charge is -2.17. The van der Waals surface area contributed by atoms with Crippen molar-refractivity contribution >= 4 is 23.4 Å². The highest BCUT2D eigenvalue weighted by molar-refractivity contribution is 6.30. The lowest BCUT2D eigenvalue weighted by Crippen LogP contribution is -2.32. The zero-order valence-corrected chi connectivity index (χ0v) is 14.3. The molecule has 2 rings (SSSR count). The maximum Gasteiger partial charge on any atom is 0.251 e. The van der Waals surface area contributed by atoms with Gasteiger partial charge in [-0.05, 0) is 36.2 Å². The molecule has 0 heterocycles. The van der Waals surface area contributed by atoms with E-state index in [-0.39, 0.29) is 24.3 Å². The van der Waals surface area contributed by atoms with Crippen LogP contribution in [0.2, 0.25) is 5.02 Å². The zero-order valence-electron chi connectivity index (χ0n) is 13.6. The van der Waals surface area contributed by atoms with E-state index >= 15 is 0 Å². The number of halogens is 1. The predicted molar refractivity (Wildman–Crippen MR) is 96.0 cm³/mol. The van der Waals surface area contributed by atoms with E-state index in [1.165, 1.54) is 0 Å². The minimum Gasteiger partial charge on any atom is -0.352 e. The molecule has 0 aliphatic heterocycles. The highest BCUT2D eigenvalue weighted by atomic mass is 35.5. The van der Waals surface area contributed by atoms with Crippen molar-refractivity contribution in [3.63, 3.8) is 0 Å². The van der Waals surface area contributed by atoms with E-state index in [1.807, 2.05) is 37.3 Å². The summed E-state index contributed by atoms with van der Waals surface area (Å²) in [6.45, 7) is 2.31. The molecule has 1 atom stereocenters. The molecule has 5 heteroatoms. The van der Waals surface area contributed by atoms with E-state index in [0.29, 0.717) is 17.1 Å². The van der Waals surface area contributed by atoms with Crippen LogP contribution in [0.5, 0.6) is 0 Å². The summed E-state index contributed by atoms with van der Waals surface area (Å²) in [6.07, 6.45) is 1.02. The van der Waals surface area contributed by atoms with Crippen LogP contribution < -0.4 is 10.6 Å². The van der Waals surface area contributed by atoms with E-state index < -0.39 is 0 Å². The molecule has 0 bridgehead atoms. The monoisotopic (exact) mass is 344 g/mol. The van der Waals surface area contributed by atoms with Gasteiger partial charge in [-0.1, -0.05) is 48.9 Å². The Morgan fingerprint density at radius 2 is 1.71 bits per heavy atom. The lowest BCUT2D eigenvalue weighted by atomic mass is 10.0. The standard InChI is InChI=1S/C19H21ClN2O2/c1-2-17(14-8-10-16(20)11-9-14)22-18(23)12-13-21-19(24)15-6-4-3-5-7-15/h3-11,17H,2,12-13H2,1H3,(H,21,24)(H,22,23). The molecule has 2 amide bonds. The third-order valence-corrected chi connectivity index (χ3v) is 3.94. The fraction of sp³-hybridized carbons (Fsp3) is 0.263. The highest BCUT2D eigenvalue weighted by Crippen LogP contribution is 2.19. The third-order valence-electron chi connectivity index (χ3n) is 3.69. The smallest absolute Gasteiger partial charge is 0.251 e. The molecule has 0 saturated heterocycles. The number of carbonyl (C=O) groups is 2. The molecule has 4 nitrogen and oxygen atoms in total. The summed E-state index contributed by atoms with van der Waals surface area (Å²) in [4.78, 5) is 24.0. The topological polar surface area (TPSA) is 58.2 Å². The Hall–Kier alpha value is -2.33. The maximum atomic E-state index is 12.1. The number of carbonyl (C=O) groups excluding carboxylic acids is 2. The van der Waals surface area contributed by atoms with E-state index in [1.54, 1.807) is 24.3 Å². The zero-order chi connectivity index (χ0) is 17.4. The minimum atomic E-state index is -0.173. The van der Waals surface area contributed by atoms with Gasteiger partial charge in [-0.2, -0.15) is 0 Å². The quantitative estimate of drug-likeness (QED) is 0.804. The number of nitrogens with one attached hydrogen (secondary N) is 2. The molecule has 0 saturated carbocycles. The normalized spacial score (nSPS) is 11.6. The molecule has 126 valence electrons. The number of amides is 2. The number of benzene rings is 2. The molecule has 2 aromatic carbocycles. The van der Waals surface area contributed by atoms with Gasteiger partial charge in [0.05, 0.1) is 6.04 Å². The molecular formula is C19H21ClN2O2. The Morgan fingerprint density at radius 3 is 2.33 bits per heavy atom. The van der Waals surface area contributed by atoms with Gasteiger partial charge in [0.2, 0.25) is 5.91 Å². The van der Waals surface area contributed by atoms with Crippen LogP contribution in [0.4, 0.5) is 0 Å². The van der Waals surface area contributed by atoms with Gasteiger partial charge in [-0.3, -0.25) is 9.59 Å². The Balaban J connectivity index is 1.79. The molecule has 0 aliphatic rings. The van der Waals surface area contributed by atoms with Crippen LogP contribution in [-0.2, 0) is 4.79 Å². The second-order valence-electron chi connectivity index (χ2n) is 5.45. The molecule has 1 unspecified atom stereocenters. The maximum absolute atomic E-state index is 12.1.